The number of nitriles is 1. The van der Waals surface area contributed by atoms with Gasteiger partial charge in [0.15, 0.2) is 0 Å². The van der Waals surface area contributed by atoms with Crippen molar-refractivity contribution in [3.63, 3.8) is 0 Å². The molecular weight excluding hydrogens is 260 g/mol. The van der Waals surface area contributed by atoms with E-state index in [1.807, 2.05) is 4.90 Å². The van der Waals surface area contributed by atoms with Gasteiger partial charge in [-0.1, -0.05) is 53.4 Å². The fraction of sp³-hybridized carbons (Fsp3) is 0.889. The molecule has 0 aromatic heterocycles. The zero-order valence-electron chi connectivity index (χ0n) is 14.3. The second-order valence-electron chi connectivity index (χ2n) is 6.93. The first-order valence-corrected chi connectivity index (χ1v) is 8.73. The number of hydrogen-bond acceptors (Lipinski definition) is 2. The Bertz CT molecular complexity index is 358. The molecule has 21 heavy (non-hydrogen) atoms. The zero-order valence-corrected chi connectivity index (χ0v) is 14.3. The number of carbonyl (C=O) groups excluding carboxylic acids is 1. The minimum Gasteiger partial charge on any atom is -0.338 e. The van der Waals surface area contributed by atoms with Crippen molar-refractivity contribution in [2.45, 2.75) is 85.1 Å². The fourth-order valence-corrected chi connectivity index (χ4v) is 3.50. The summed E-state index contributed by atoms with van der Waals surface area (Å²) in [7, 11) is 0. The molecule has 1 saturated carbocycles. The Balaban J connectivity index is 3.03. The molecule has 0 saturated heterocycles. The van der Waals surface area contributed by atoms with Crippen LogP contribution in [0, 0.1) is 22.7 Å². The summed E-state index contributed by atoms with van der Waals surface area (Å²) in [5, 5.41) is 9.75. The normalized spacial score (nSPS) is 18.3. The van der Waals surface area contributed by atoms with E-state index in [2.05, 4.69) is 33.8 Å². The largest absolute Gasteiger partial charge is 0.338 e. The van der Waals surface area contributed by atoms with Crippen molar-refractivity contribution in [3.8, 4) is 6.07 Å². The van der Waals surface area contributed by atoms with Crippen LogP contribution in [0.4, 0.5) is 0 Å². The van der Waals surface area contributed by atoms with E-state index < -0.39 is 5.41 Å². The maximum atomic E-state index is 13.2. The van der Waals surface area contributed by atoms with Crippen LogP contribution >= 0.6 is 0 Å². The Morgan fingerprint density at radius 2 is 1.67 bits per heavy atom. The first kappa shape index (κ1) is 18.0. The third kappa shape index (κ3) is 4.46. The van der Waals surface area contributed by atoms with Gasteiger partial charge in [0, 0.05) is 12.6 Å². The van der Waals surface area contributed by atoms with E-state index >= 15 is 0 Å². The lowest BCUT2D eigenvalue weighted by Crippen LogP contribution is -2.49. The molecular formula is C18H32N2O. The molecule has 1 aliphatic rings. The van der Waals surface area contributed by atoms with E-state index in [9.17, 15) is 10.1 Å². The molecule has 1 rings (SSSR count). The van der Waals surface area contributed by atoms with Gasteiger partial charge in [-0.05, 0) is 31.6 Å². The highest BCUT2D eigenvalue weighted by Gasteiger charge is 2.42. The lowest BCUT2D eigenvalue weighted by molar-refractivity contribution is -0.143. The minimum absolute atomic E-state index is 0.106. The highest BCUT2D eigenvalue weighted by molar-refractivity contribution is 5.85. The lowest BCUT2D eigenvalue weighted by Gasteiger charge is -2.38. The molecule has 0 spiro atoms. The molecule has 0 unspecified atom stereocenters. The summed E-state index contributed by atoms with van der Waals surface area (Å²) in [5.74, 6) is 0.547. The Hall–Kier alpha value is -1.04. The number of hydrogen-bond donors (Lipinski definition) is 0. The third-order valence-electron chi connectivity index (χ3n) is 4.79. The molecule has 1 fully saturated rings. The summed E-state index contributed by atoms with van der Waals surface area (Å²) >= 11 is 0. The predicted molar refractivity (Wildman–Crippen MR) is 86.7 cm³/mol. The molecule has 1 aliphatic carbocycles. The molecule has 0 bridgehead atoms. The smallest absolute Gasteiger partial charge is 0.243 e. The molecule has 3 nitrogen and oxygen atoms in total. The van der Waals surface area contributed by atoms with E-state index in [4.69, 9.17) is 0 Å². The summed E-state index contributed by atoms with van der Waals surface area (Å²) in [5.41, 5.74) is -0.756. The predicted octanol–water partition coefficient (Wildman–Crippen LogP) is 4.52. The summed E-state index contributed by atoms with van der Waals surface area (Å²) in [4.78, 5) is 15.2. The minimum atomic E-state index is -0.756. The van der Waals surface area contributed by atoms with E-state index in [1.165, 1.54) is 0 Å². The van der Waals surface area contributed by atoms with Gasteiger partial charge in [-0.2, -0.15) is 5.26 Å². The number of nitrogens with zero attached hydrogens (tertiary/aromatic N) is 2. The van der Waals surface area contributed by atoms with Gasteiger partial charge in [0.2, 0.25) is 5.91 Å². The van der Waals surface area contributed by atoms with E-state index in [0.29, 0.717) is 5.92 Å². The average molecular weight is 292 g/mol. The van der Waals surface area contributed by atoms with Gasteiger partial charge in [-0.3, -0.25) is 4.79 Å². The molecule has 120 valence electrons. The van der Waals surface area contributed by atoms with Crippen LogP contribution in [-0.2, 0) is 4.79 Å². The summed E-state index contributed by atoms with van der Waals surface area (Å²) < 4.78 is 0. The SMILES string of the molecule is CCC(CC)N(CC(C)C)C(=O)C1(C#N)CCCCCC1. The first-order chi connectivity index (χ1) is 10.0. The van der Waals surface area contributed by atoms with Gasteiger partial charge in [0.25, 0.3) is 0 Å². The molecule has 0 atom stereocenters. The van der Waals surface area contributed by atoms with Crippen LogP contribution in [0.3, 0.4) is 0 Å². The van der Waals surface area contributed by atoms with Gasteiger partial charge < -0.3 is 4.90 Å². The molecule has 3 heteroatoms. The quantitative estimate of drug-likeness (QED) is 0.675. The van der Waals surface area contributed by atoms with Crippen LogP contribution in [0.25, 0.3) is 0 Å². The summed E-state index contributed by atoms with van der Waals surface area (Å²) in [6.45, 7) is 9.35. The van der Waals surface area contributed by atoms with Crippen LogP contribution in [0.1, 0.15) is 79.1 Å². The topological polar surface area (TPSA) is 44.1 Å². The highest BCUT2D eigenvalue weighted by atomic mass is 16.2. The second-order valence-corrected chi connectivity index (χ2v) is 6.93. The van der Waals surface area contributed by atoms with E-state index in [-0.39, 0.29) is 11.9 Å². The molecule has 0 N–H and O–H groups in total. The Morgan fingerprint density at radius 3 is 2.05 bits per heavy atom. The van der Waals surface area contributed by atoms with Crippen molar-refractivity contribution in [2.75, 3.05) is 6.54 Å². The van der Waals surface area contributed by atoms with Crippen LogP contribution in [0.5, 0.6) is 0 Å². The van der Waals surface area contributed by atoms with E-state index in [1.54, 1.807) is 0 Å². The van der Waals surface area contributed by atoms with Crippen LogP contribution in [0.2, 0.25) is 0 Å². The van der Waals surface area contributed by atoms with Crippen LogP contribution < -0.4 is 0 Å². The Morgan fingerprint density at radius 1 is 1.14 bits per heavy atom. The molecule has 0 radical (unpaired) electrons. The van der Waals surface area contributed by atoms with E-state index in [0.717, 1.165) is 57.9 Å². The first-order valence-electron chi connectivity index (χ1n) is 8.73. The standard InChI is InChI=1S/C18H32N2O/c1-5-16(6-2)20(13-15(3)4)17(21)18(14-19)11-9-7-8-10-12-18/h15-16H,5-13H2,1-4H3. The highest BCUT2D eigenvalue weighted by Crippen LogP contribution is 2.37. The Kier molecular flexibility index (Phi) is 7.22. The summed E-state index contributed by atoms with van der Waals surface area (Å²) in [6, 6.07) is 2.69. The number of amides is 1. The van der Waals surface area contributed by atoms with Gasteiger partial charge >= 0.3 is 0 Å². The molecule has 1 amide bonds. The number of rotatable bonds is 6. The second kappa shape index (κ2) is 8.41. The third-order valence-corrected chi connectivity index (χ3v) is 4.79. The molecule has 0 aromatic carbocycles. The van der Waals surface area contributed by atoms with Crippen LogP contribution in [-0.4, -0.2) is 23.4 Å². The average Bonchev–Trinajstić information content (AvgIpc) is 2.72. The van der Waals surface area contributed by atoms with Gasteiger partial charge in [0.1, 0.15) is 5.41 Å². The molecule has 0 aliphatic heterocycles. The monoisotopic (exact) mass is 292 g/mol. The molecule has 0 aromatic rings. The Labute approximate surface area is 130 Å². The van der Waals surface area contributed by atoms with Gasteiger partial charge in [-0.25, -0.2) is 0 Å². The van der Waals surface area contributed by atoms with Crippen LogP contribution in [0.15, 0.2) is 0 Å². The zero-order chi connectivity index (χ0) is 15.9. The van der Waals surface area contributed by atoms with Crippen molar-refractivity contribution >= 4 is 5.91 Å². The molecule has 0 heterocycles. The van der Waals surface area contributed by atoms with Gasteiger partial charge in [0.05, 0.1) is 6.07 Å². The van der Waals surface area contributed by atoms with Crippen molar-refractivity contribution in [2.24, 2.45) is 11.3 Å². The maximum Gasteiger partial charge on any atom is 0.243 e. The van der Waals surface area contributed by atoms with Crippen molar-refractivity contribution in [1.82, 2.24) is 4.90 Å². The maximum absolute atomic E-state index is 13.2. The number of carbonyl (C=O) groups is 1. The van der Waals surface area contributed by atoms with Crippen molar-refractivity contribution in [1.29, 1.82) is 5.26 Å². The summed E-state index contributed by atoms with van der Waals surface area (Å²) in [6.07, 6.45) is 7.77. The fourth-order valence-electron chi connectivity index (χ4n) is 3.50. The van der Waals surface area contributed by atoms with Crippen molar-refractivity contribution in [3.05, 3.63) is 0 Å². The van der Waals surface area contributed by atoms with Gasteiger partial charge in [-0.15, -0.1) is 0 Å². The van der Waals surface area contributed by atoms with Crippen molar-refractivity contribution < 1.29 is 4.79 Å². The lowest BCUT2D eigenvalue weighted by atomic mass is 9.79.